The molecule has 2 aromatic rings. The Kier molecular flexibility index (Phi) is 9.97. The second kappa shape index (κ2) is 12.7. The Morgan fingerprint density at radius 1 is 0.912 bits per heavy atom. The summed E-state index contributed by atoms with van der Waals surface area (Å²) in [6.45, 7) is 7.89. The number of hydrogen-bond acceptors (Lipinski definition) is 7. The molecule has 1 fully saturated rings. The molecule has 2 aromatic carbocycles. The summed E-state index contributed by atoms with van der Waals surface area (Å²) in [5.74, 6) is 0.424. The molecular formula is C27H36O6S. The molecule has 0 aliphatic carbocycles. The standard InChI is InChI=1S/C27H36O6S/c1-5-34-25-24(33-26(29)27(2,3)4)23(31-18-20-14-10-7-11-15-20)22(21(16-28)32-25)30-17-19-12-8-6-9-13-19/h6-15,21-25,28H,5,16-18H2,1-4H3/t21?,22-,23?,24-,25+/m1/s1. The molecule has 0 aromatic heterocycles. The van der Waals surface area contributed by atoms with E-state index in [1.54, 1.807) is 0 Å². The quantitative estimate of drug-likeness (QED) is 0.491. The van der Waals surface area contributed by atoms with Gasteiger partial charge in [0.2, 0.25) is 0 Å². The third kappa shape index (κ3) is 7.30. The molecule has 0 bridgehead atoms. The molecular weight excluding hydrogens is 452 g/mol. The van der Waals surface area contributed by atoms with Crippen molar-refractivity contribution in [3.05, 3.63) is 71.8 Å². The smallest absolute Gasteiger partial charge is 0.311 e. The Labute approximate surface area is 206 Å². The van der Waals surface area contributed by atoms with Crippen molar-refractivity contribution in [2.24, 2.45) is 5.41 Å². The fourth-order valence-electron chi connectivity index (χ4n) is 3.67. The van der Waals surface area contributed by atoms with Gasteiger partial charge in [-0.05, 0) is 37.7 Å². The van der Waals surface area contributed by atoms with Crippen molar-refractivity contribution in [3.63, 3.8) is 0 Å². The highest BCUT2D eigenvalue weighted by atomic mass is 32.2. The summed E-state index contributed by atoms with van der Waals surface area (Å²) in [4.78, 5) is 12.9. The fraction of sp³-hybridized carbons (Fsp3) is 0.519. The predicted molar refractivity (Wildman–Crippen MR) is 133 cm³/mol. The number of thioether (sulfide) groups is 1. The molecule has 6 nitrogen and oxygen atoms in total. The molecule has 1 N–H and O–H groups in total. The Bertz CT molecular complexity index is 870. The molecule has 5 atom stereocenters. The third-order valence-corrected chi connectivity index (χ3v) is 6.57. The van der Waals surface area contributed by atoms with Crippen molar-refractivity contribution in [1.82, 2.24) is 0 Å². The van der Waals surface area contributed by atoms with Gasteiger partial charge >= 0.3 is 5.97 Å². The maximum atomic E-state index is 12.9. The first-order valence-electron chi connectivity index (χ1n) is 11.7. The molecule has 34 heavy (non-hydrogen) atoms. The molecule has 7 heteroatoms. The normalized spacial score (nSPS) is 25.1. The Balaban J connectivity index is 1.90. The van der Waals surface area contributed by atoms with E-state index in [0.717, 1.165) is 16.9 Å². The van der Waals surface area contributed by atoms with Crippen LogP contribution in [0.1, 0.15) is 38.8 Å². The van der Waals surface area contributed by atoms with E-state index in [4.69, 9.17) is 18.9 Å². The SMILES string of the molecule is CCS[C@@H]1OC(CO)[C@@H](OCc2ccccc2)C(OCc2ccccc2)[C@H]1OC(=O)C(C)(C)C. The first kappa shape index (κ1) is 26.7. The molecule has 1 aliphatic heterocycles. The first-order chi connectivity index (χ1) is 16.3. The summed E-state index contributed by atoms with van der Waals surface area (Å²) in [6.07, 6.45) is -2.55. The Hall–Kier alpha value is -1.90. The van der Waals surface area contributed by atoms with Crippen molar-refractivity contribution in [3.8, 4) is 0 Å². The minimum absolute atomic E-state index is 0.231. The maximum absolute atomic E-state index is 12.9. The Morgan fingerprint density at radius 3 is 1.91 bits per heavy atom. The number of hydrogen-bond donors (Lipinski definition) is 1. The van der Waals surface area contributed by atoms with Gasteiger partial charge < -0.3 is 24.1 Å². The van der Waals surface area contributed by atoms with Gasteiger partial charge in [0.05, 0.1) is 25.2 Å². The predicted octanol–water partition coefficient (Wildman–Crippen LogP) is 4.59. The monoisotopic (exact) mass is 488 g/mol. The number of carbonyl (C=O) groups excluding carboxylic acids is 1. The highest BCUT2D eigenvalue weighted by molar-refractivity contribution is 7.99. The van der Waals surface area contributed by atoms with Crippen LogP contribution in [0, 0.1) is 5.41 Å². The van der Waals surface area contributed by atoms with Gasteiger partial charge in [-0.25, -0.2) is 0 Å². The maximum Gasteiger partial charge on any atom is 0.311 e. The number of rotatable bonds is 10. The van der Waals surface area contributed by atoms with Gasteiger partial charge in [-0.2, -0.15) is 0 Å². The summed E-state index contributed by atoms with van der Waals surface area (Å²) in [5.41, 5.74) is 0.830. The van der Waals surface area contributed by atoms with E-state index < -0.39 is 35.3 Å². The topological polar surface area (TPSA) is 74.2 Å². The average Bonchev–Trinajstić information content (AvgIpc) is 2.83. The summed E-state index contributed by atoms with van der Waals surface area (Å²) >= 11 is 1.53. The van der Waals surface area contributed by atoms with Gasteiger partial charge in [0.15, 0.2) is 6.10 Å². The van der Waals surface area contributed by atoms with E-state index >= 15 is 0 Å². The minimum Gasteiger partial charge on any atom is -0.455 e. The molecule has 3 rings (SSSR count). The van der Waals surface area contributed by atoms with Crippen molar-refractivity contribution in [2.45, 2.75) is 70.8 Å². The molecule has 2 unspecified atom stereocenters. The zero-order chi connectivity index (χ0) is 24.6. The van der Waals surface area contributed by atoms with Gasteiger partial charge in [-0.1, -0.05) is 67.6 Å². The van der Waals surface area contributed by atoms with Crippen LogP contribution in [-0.2, 0) is 37.0 Å². The highest BCUT2D eigenvalue weighted by Crippen LogP contribution is 2.35. The zero-order valence-electron chi connectivity index (χ0n) is 20.4. The van der Waals surface area contributed by atoms with E-state index in [-0.39, 0.29) is 12.6 Å². The summed E-state index contributed by atoms with van der Waals surface area (Å²) in [5, 5.41) is 10.2. The minimum atomic E-state index is -0.691. The van der Waals surface area contributed by atoms with Gasteiger partial charge in [-0.15, -0.1) is 11.8 Å². The van der Waals surface area contributed by atoms with Crippen LogP contribution in [0.4, 0.5) is 0 Å². The molecule has 0 saturated carbocycles. The molecule has 0 spiro atoms. The van der Waals surface area contributed by atoms with Gasteiger partial charge in [0.25, 0.3) is 0 Å². The van der Waals surface area contributed by atoms with Gasteiger partial charge in [0.1, 0.15) is 23.7 Å². The van der Waals surface area contributed by atoms with Crippen molar-refractivity contribution >= 4 is 17.7 Å². The van der Waals surface area contributed by atoms with Crippen LogP contribution in [0.2, 0.25) is 0 Å². The lowest BCUT2D eigenvalue weighted by Gasteiger charge is -2.45. The molecule has 1 heterocycles. The molecule has 186 valence electrons. The number of esters is 1. The van der Waals surface area contributed by atoms with E-state index in [2.05, 4.69) is 0 Å². The lowest BCUT2D eigenvalue weighted by molar-refractivity contribution is -0.249. The summed E-state index contributed by atoms with van der Waals surface area (Å²) < 4.78 is 24.9. The number of benzene rings is 2. The van der Waals surface area contributed by atoms with E-state index in [1.807, 2.05) is 88.4 Å². The molecule has 1 aliphatic rings. The van der Waals surface area contributed by atoms with Crippen LogP contribution < -0.4 is 0 Å². The van der Waals surface area contributed by atoms with E-state index in [0.29, 0.717) is 13.2 Å². The summed E-state index contributed by atoms with van der Waals surface area (Å²) in [6, 6.07) is 19.6. The van der Waals surface area contributed by atoms with Crippen molar-refractivity contribution in [1.29, 1.82) is 0 Å². The highest BCUT2D eigenvalue weighted by Gasteiger charge is 2.50. The van der Waals surface area contributed by atoms with Crippen LogP contribution in [0.25, 0.3) is 0 Å². The number of aliphatic hydroxyl groups is 1. The van der Waals surface area contributed by atoms with Crippen LogP contribution in [0.15, 0.2) is 60.7 Å². The van der Waals surface area contributed by atoms with E-state index in [1.165, 1.54) is 11.8 Å². The second-order valence-electron chi connectivity index (χ2n) is 9.32. The van der Waals surface area contributed by atoms with Crippen LogP contribution in [0.3, 0.4) is 0 Å². The van der Waals surface area contributed by atoms with Crippen LogP contribution in [-0.4, -0.2) is 53.3 Å². The van der Waals surface area contributed by atoms with Crippen molar-refractivity contribution < 1.29 is 28.8 Å². The molecule has 0 radical (unpaired) electrons. The fourth-order valence-corrected chi connectivity index (χ4v) is 4.62. The molecule has 0 amide bonds. The second-order valence-corrected chi connectivity index (χ2v) is 10.7. The molecule has 1 saturated heterocycles. The first-order valence-corrected chi connectivity index (χ1v) is 12.8. The van der Waals surface area contributed by atoms with Crippen molar-refractivity contribution in [2.75, 3.05) is 12.4 Å². The number of carbonyl (C=O) groups is 1. The average molecular weight is 489 g/mol. The number of ether oxygens (including phenoxy) is 4. The third-order valence-electron chi connectivity index (χ3n) is 5.53. The Morgan fingerprint density at radius 2 is 1.44 bits per heavy atom. The van der Waals surface area contributed by atoms with E-state index in [9.17, 15) is 9.90 Å². The van der Waals surface area contributed by atoms with Gasteiger partial charge in [0, 0.05) is 0 Å². The lowest BCUT2D eigenvalue weighted by atomic mass is 9.95. The summed E-state index contributed by atoms with van der Waals surface area (Å²) in [7, 11) is 0. The zero-order valence-corrected chi connectivity index (χ0v) is 21.2. The van der Waals surface area contributed by atoms with Crippen LogP contribution in [0.5, 0.6) is 0 Å². The largest absolute Gasteiger partial charge is 0.455 e. The van der Waals surface area contributed by atoms with Crippen LogP contribution >= 0.6 is 11.8 Å². The number of aliphatic hydroxyl groups excluding tert-OH is 1. The lowest BCUT2D eigenvalue weighted by Crippen LogP contribution is -2.61. The van der Waals surface area contributed by atoms with Gasteiger partial charge in [-0.3, -0.25) is 4.79 Å².